The van der Waals surface area contributed by atoms with E-state index in [0.29, 0.717) is 12.0 Å². The number of hydrogen-bond acceptors (Lipinski definition) is 2. The Morgan fingerprint density at radius 1 is 1.05 bits per heavy atom. The normalized spacial score (nSPS) is 24.7. The number of unbranched alkanes of at least 4 members (excludes halogenated alkanes) is 3. The quantitative estimate of drug-likeness (QED) is 0.542. The lowest BCUT2D eigenvalue weighted by Crippen LogP contribution is -2.18. The SMILES string of the molecule is CCCCC[C@H]1OC(OCCCC)C[C@@H]1Cc1ccccc1. The topological polar surface area (TPSA) is 18.5 Å². The minimum absolute atomic E-state index is 0.0203. The predicted octanol–water partition coefficient (Wildman–Crippen LogP) is 5.36. The van der Waals surface area contributed by atoms with Crippen LogP contribution >= 0.6 is 0 Å². The molecule has 22 heavy (non-hydrogen) atoms. The van der Waals surface area contributed by atoms with Gasteiger partial charge in [-0.1, -0.05) is 69.9 Å². The lowest BCUT2D eigenvalue weighted by atomic mass is 9.90. The maximum Gasteiger partial charge on any atom is 0.158 e. The lowest BCUT2D eigenvalue weighted by Gasteiger charge is -2.18. The third-order valence-electron chi connectivity index (χ3n) is 4.58. The van der Waals surface area contributed by atoms with Crippen LogP contribution in [0, 0.1) is 5.92 Å². The van der Waals surface area contributed by atoms with Crippen LogP contribution in [-0.4, -0.2) is 19.0 Å². The lowest BCUT2D eigenvalue weighted by molar-refractivity contribution is -0.136. The molecule has 1 aliphatic heterocycles. The molecule has 2 heteroatoms. The zero-order valence-corrected chi connectivity index (χ0v) is 14.3. The van der Waals surface area contributed by atoms with Crippen LogP contribution in [0.25, 0.3) is 0 Å². The Hall–Kier alpha value is -0.860. The van der Waals surface area contributed by atoms with Crippen molar-refractivity contribution in [1.82, 2.24) is 0 Å². The third-order valence-corrected chi connectivity index (χ3v) is 4.58. The monoisotopic (exact) mass is 304 g/mol. The van der Waals surface area contributed by atoms with E-state index in [9.17, 15) is 0 Å². The molecule has 2 nitrogen and oxygen atoms in total. The molecule has 1 aromatic carbocycles. The maximum absolute atomic E-state index is 6.22. The molecule has 0 bridgehead atoms. The van der Waals surface area contributed by atoms with Crippen molar-refractivity contribution in [2.24, 2.45) is 5.92 Å². The van der Waals surface area contributed by atoms with Gasteiger partial charge in [0.1, 0.15) is 0 Å². The van der Waals surface area contributed by atoms with E-state index in [4.69, 9.17) is 9.47 Å². The first-order valence-corrected chi connectivity index (χ1v) is 9.14. The molecule has 2 rings (SSSR count). The number of benzene rings is 1. The average molecular weight is 304 g/mol. The first kappa shape index (κ1) is 17.5. The molecule has 1 aliphatic rings. The summed E-state index contributed by atoms with van der Waals surface area (Å²) >= 11 is 0. The molecule has 124 valence electrons. The fourth-order valence-corrected chi connectivity index (χ4v) is 3.26. The molecule has 0 saturated carbocycles. The highest BCUT2D eigenvalue weighted by Crippen LogP contribution is 2.33. The standard InChI is InChI=1S/C20H32O2/c1-3-5-8-13-19-18(15-17-11-9-7-10-12-17)16-20(22-19)21-14-6-4-2/h7,9-12,18-20H,3-6,8,13-16H2,1-2H3/t18-,19+,20?/m0/s1. The minimum Gasteiger partial charge on any atom is -0.353 e. The van der Waals surface area contributed by atoms with E-state index in [2.05, 4.69) is 44.2 Å². The van der Waals surface area contributed by atoms with Crippen LogP contribution in [0.1, 0.15) is 64.4 Å². The molecule has 1 fully saturated rings. The number of hydrogen-bond donors (Lipinski definition) is 0. The third kappa shape index (κ3) is 5.73. The number of rotatable bonds is 10. The average Bonchev–Trinajstić information content (AvgIpc) is 2.91. The van der Waals surface area contributed by atoms with Crippen molar-refractivity contribution in [3.63, 3.8) is 0 Å². The molecule has 0 amide bonds. The second kappa shape index (κ2) is 10.0. The van der Waals surface area contributed by atoms with E-state index < -0.39 is 0 Å². The summed E-state index contributed by atoms with van der Waals surface area (Å²) in [5, 5.41) is 0. The maximum atomic E-state index is 6.22. The largest absolute Gasteiger partial charge is 0.353 e. The Bertz CT molecular complexity index is 390. The molecule has 0 N–H and O–H groups in total. The molecule has 0 radical (unpaired) electrons. The van der Waals surface area contributed by atoms with E-state index in [1.165, 1.54) is 37.7 Å². The summed E-state index contributed by atoms with van der Waals surface area (Å²) in [6.07, 6.45) is 9.90. The summed E-state index contributed by atoms with van der Waals surface area (Å²) in [6.45, 7) is 5.29. The summed E-state index contributed by atoms with van der Waals surface area (Å²) < 4.78 is 12.1. The van der Waals surface area contributed by atoms with Gasteiger partial charge >= 0.3 is 0 Å². The fourth-order valence-electron chi connectivity index (χ4n) is 3.26. The second-order valence-electron chi connectivity index (χ2n) is 6.51. The van der Waals surface area contributed by atoms with Gasteiger partial charge in [0.25, 0.3) is 0 Å². The van der Waals surface area contributed by atoms with Gasteiger partial charge in [-0.05, 0) is 30.7 Å². The molecular formula is C20H32O2. The molecule has 0 spiro atoms. The van der Waals surface area contributed by atoms with Gasteiger partial charge in [-0.15, -0.1) is 0 Å². The van der Waals surface area contributed by atoms with Crippen LogP contribution in [0.5, 0.6) is 0 Å². The van der Waals surface area contributed by atoms with Gasteiger partial charge < -0.3 is 9.47 Å². The van der Waals surface area contributed by atoms with Gasteiger partial charge in [-0.2, -0.15) is 0 Å². The molecule has 0 aromatic heterocycles. The van der Waals surface area contributed by atoms with Crippen LogP contribution in [0.15, 0.2) is 30.3 Å². The Balaban J connectivity index is 1.87. The number of ether oxygens (including phenoxy) is 2. The van der Waals surface area contributed by atoms with Crippen molar-refractivity contribution in [2.75, 3.05) is 6.61 Å². The van der Waals surface area contributed by atoms with Crippen molar-refractivity contribution in [2.45, 2.75) is 77.6 Å². The Morgan fingerprint density at radius 2 is 1.82 bits per heavy atom. The summed E-state index contributed by atoms with van der Waals surface area (Å²) in [6, 6.07) is 10.8. The van der Waals surface area contributed by atoms with Gasteiger partial charge in [0.2, 0.25) is 0 Å². The van der Waals surface area contributed by atoms with Gasteiger partial charge in [-0.25, -0.2) is 0 Å². The van der Waals surface area contributed by atoms with Gasteiger partial charge in [-0.3, -0.25) is 0 Å². The van der Waals surface area contributed by atoms with Crippen molar-refractivity contribution < 1.29 is 9.47 Å². The van der Waals surface area contributed by atoms with Gasteiger partial charge in [0, 0.05) is 13.0 Å². The Labute approximate surface area is 136 Å². The first-order chi connectivity index (χ1) is 10.8. The summed E-state index contributed by atoms with van der Waals surface area (Å²) in [5.74, 6) is 0.603. The van der Waals surface area contributed by atoms with Gasteiger partial charge in [0.05, 0.1) is 6.10 Å². The van der Waals surface area contributed by atoms with Crippen LogP contribution < -0.4 is 0 Å². The predicted molar refractivity (Wildman–Crippen MR) is 91.9 cm³/mol. The van der Waals surface area contributed by atoms with Crippen molar-refractivity contribution in [1.29, 1.82) is 0 Å². The molecule has 0 aliphatic carbocycles. The summed E-state index contributed by atoms with van der Waals surface area (Å²) in [5.41, 5.74) is 1.42. The molecule has 1 aromatic rings. The molecule has 1 unspecified atom stereocenters. The Morgan fingerprint density at radius 3 is 2.55 bits per heavy atom. The highest BCUT2D eigenvalue weighted by atomic mass is 16.7. The summed E-state index contributed by atoms with van der Waals surface area (Å²) in [7, 11) is 0. The smallest absolute Gasteiger partial charge is 0.158 e. The fraction of sp³-hybridized carbons (Fsp3) is 0.700. The van der Waals surface area contributed by atoms with Crippen LogP contribution in [-0.2, 0) is 15.9 Å². The van der Waals surface area contributed by atoms with Crippen LogP contribution in [0.3, 0.4) is 0 Å². The zero-order chi connectivity index (χ0) is 15.6. The van der Waals surface area contributed by atoms with Crippen molar-refractivity contribution >= 4 is 0 Å². The van der Waals surface area contributed by atoms with Crippen LogP contribution in [0.4, 0.5) is 0 Å². The van der Waals surface area contributed by atoms with E-state index >= 15 is 0 Å². The Kier molecular flexibility index (Phi) is 7.96. The summed E-state index contributed by atoms with van der Waals surface area (Å²) in [4.78, 5) is 0. The van der Waals surface area contributed by atoms with Crippen molar-refractivity contribution in [3.8, 4) is 0 Å². The van der Waals surface area contributed by atoms with Crippen LogP contribution in [0.2, 0.25) is 0 Å². The first-order valence-electron chi connectivity index (χ1n) is 9.14. The molecule has 1 heterocycles. The molecule has 3 atom stereocenters. The zero-order valence-electron chi connectivity index (χ0n) is 14.3. The van der Waals surface area contributed by atoms with E-state index in [0.717, 1.165) is 25.9 Å². The minimum atomic E-state index is 0.0203. The van der Waals surface area contributed by atoms with Crippen molar-refractivity contribution in [3.05, 3.63) is 35.9 Å². The van der Waals surface area contributed by atoms with E-state index in [1.54, 1.807) is 0 Å². The van der Waals surface area contributed by atoms with E-state index in [1.807, 2.05) is 0 Å². The highest BCUT2D eigenvalue weighted by Gasteiger charge is 2.35. The second-order valence-corrected chi connectivity index (χ2v) is 6.51. The highest BCUT2D eigenvalue weighted by molar-refractivity contribution is 5.15. The van der Waals surface area contributed by atoms with Gasteiger partial charge in [0.15, 0.2) is 6.29 Å². The van der Waals surface area contributed by atoms with E-state index in [-0.39, 0.29) is 6.29 Å². The molecular weight excluding hydrogens is 272 g/mol. The molecule has 1 saturated heterocycles.